The third-order valence-electron chi connectivity index (χ3n) is 11.7. The molecule has 0 saturated heterocycles. The van der Waals surface area contributed by atoms with Gasteiger partial charge in [0.25, 0.3) is 11.1 Å². The molecule has 53 heavy (non-hydrogen) atoms. The zero-order chi connectivity index (χ0) is 36.3. The van der Waals surface area contributed by atoms with E-state index in [1.54, 1.807) is 11.3 Å². The van der Waals surface area contributed by atoms with Crippen molar-refractivity contribution in [3.63, 3.8) is 0 Å². The predicted octanol–water partition coefficient (Wildman–Crippen LogP) is 14.1. The van der Waals surface area contributed by atoms with Crippen molar-refractivity contribution in [2.45, 2.75) is 155 Å². The number of hydrogen-bond donors (Lipinski definition) is 0. The van der Waals surface area contributed by atoms with Gasteiger partial charge < -0.3 is 0 Å². The van der Waals surface area contributed by atoms with Crippen LogP contribution in [0.15, 0.2) is 39.9 Å². The zero-order valence-corrected chi connectivity index (χ0v) is 34.3. The molecule has 0 atom stereocenters. The van der Waals surface area contributed by atoms with Crippen LogP contribution in [0.2, 0.25) is 0 Å². The molecule has 0 N–H and O–H groups in total. The Morgan fingerprint density at radius 2 is 1.00 bits per heavy atom. The molecule has 5 nitrogen and oxygen atoms in total. The number of benzene rings is 1. The van der Waals surface area contributed by atoms with Crippen molar-refractivity contribution in [2.24, 2.45) is 0 Å². The molecule has 0 bridgehead atoms. The SMILES string of the molecule is CCCCCCCCCCCCc1cc2c(cc3c4ccc5c6c(sc(c(=O)n23)c46)c(=O)n2c3cc(CCCCCCCCCCCC)sc3nc52)s1. The van der Waals surface area contributed by atoms with E-state index in [2.05, 4.69) is 44.2 Å². The smallest absolute Gasteiger partial charge is 0.274 e. The van der Waals surface area contributed by atoms with E-state index in [9.17, 15) is 9.59 Å². The molecule has 7 heterocycles. The van der Waals surface area contributed by atoms with E-state index >= 15 is 0 Å². The molecular formula is C45H55N3O2S3. The molecule has 0 amide bonds. The summed E-state index contributed by atoms with van der Waals surface area (Å²) in [7, 11) is 0. The minimum absolute atomic E-state index is 0.00372. The van der Waals surface area contributed by atoms with Crippen LogP contribution < -0.4 is 11.1 Å². The highest BCUT2D eigenvalue weighted by atomic mass is 32.1. The number of pyridine rings is 2. The van der Waals surface area contributed by atoms with Gasteiger partial charge >= 0.3 is 0 Å². The lowest BCUT2D eigenvalue weighted by molar-refractivity contribution is 0.557. The normalized spacial score (nSPS) is 12.6. The van der Waals surface area contributed by atoms with E-state index in [0.29, 0.717) is 9.40 Å². The number of nitrogens with zero attached hydrogens (tertiary/aromatic N) is 3. The highest BCUT2D eigenvalue weighted by Crippen LogP contribution is 2.43. The first-order chi connectivity index (χ1) is 26.1. The monoisotopic (exact) mass is 765 g/mol. The number of fused-ring (bicyclic) bond motifs is 8. The molecule has 0 aliphatic rings. The van der Waals surface area contributed by atoms with Gasteiger partial charge in [-0.05, 0) is 49.9 Å². The maximum atomic E-state index is 14.3. The molecule has 0 fully saturated rings. The van der Waals surface area contributed by atoms with Crippen LogP contribution in [0, 0.1) is 0 Å². The van der Waals surface area contributed by atoms with Gasteiger partial charge in [0, 0.05) is 31.3 Å². The molecule has 7 aromatic heterocycles. The van der Waals surface area contributed by atoms with Crippen molar-refractivity contribution >= 4 is 96.7 Å². The van der Waals surface area contributed by atoms with Crippen LogP contribution in [-0.2, 0) is 12.8 Å². The van der Waals surface area contributed by atoms with Crippen molar-refractivity contribution in [3.8, 4) is 0 Å². The van der Waals surface area contributed by atoms with E-state index in [-0.39, 0.29) is 11.1 Å². The highest BCUT2D eigenvalue weighted by molar-refractivity contribution is 7.26. The number of thiophene rings is 3. The Bertz CT molecular complexity index is 2390. The predicted molar refractivity (Wildman–Crippen MR) is 233 cm³/mol. The number of imidazole rings is 1. The van der Waals surface area contributed by atoms with Gasteiger partial charge in [-0.1, -0.05) is 135 Å². The molecule has 0 spiro atoms. The summed E-state index contributed by atoms with van der Waals surface area (Å²) in [5.41, 5.74) is 3.54. The van der Waals surface area contributed by atoms with Crippen molar-refractivity contribution in [1.82, 2.24) is 13.8 Å². The molecule has 0 radical (unpaired) electrons. The van der Waals surface area contributed by atoms with Gasteiger partial charge in [-0.15, -0.1) is 34.0 Å². The topological polar surface area (TPSA) is 55.8 Å². The summed E-state index contributed by atoms with van der Waals surface area (Å²) in [6.45, 7) is 4.55. The largest absolute Gasteiger partial charge is 0.274 e. The van der Waals surface area contributed by atoms with Crippen LogP contribution in [0.5, 0.6) is 0 Å². The van der Waals surface area contributed by atoms with Crippen LogP contribution in [0.4, 0.5) is 0 Å². The van der Waals surface area contributed by atoms with Gasteiger partial charge in [0.15, 0.2) is 0 Å². The number of aromatic nitrogens is 3. The molecule has 0 aliphatic heterocycles. The molecule has 0 saturated carbocycles. The van der Waals surface area contributed by atoms with Gasteiger partial charge in [-0.3, -0.25) is 18.4 Å². The van der Waals surface area contributed by atoms with E-state index in [1.807, 2.05) is 20.1 Å². The summed E-state index contributed by atoms with van der Waals surface area (Å²) in [6.07, 6.45) is 28.8. The molecule has 280 valence electrons. The summed E-state index contributed by atoms with van der Waals surface area (Å²) in [5, 5.41) is 3.86. The second-order valence-electron chi connectivity index (χ2n) is 15.6. The molecule has 0 aliphatic carbocycles. The lowest BCUT2D eigenvalue weighted by Crippen LogP contribution is -2.11. The minimum Gasteiger partial charge on any atom is -0.274 e. The molecule has 1 aromatic carbocycles. The highest BCUT2D eigenvalue weighted by Gasteiger charge is 2.25. The second-order valence-corrected chi connectivity index (χ2v) is 19.0. The first-order valence-electron chi connectivity index (χ1n) is 20.9. The van der Waals surface area contributed by atoms with Gasteiger partial charge in [0.05, 0.1) is 21.3 Å². The third kappa shape index (κ3) is 7.25. The van der Waals surface area contributed by atoms with Crippen LogP contribution >= 0.6 is 34.0 Å². The quantitative estimate of drug-likeness (QED) is 0.0510. The zero-order valence-electron chi connectivity index (χ0n) is 31.8. The Morgan fingerprint density at radius 3 is 1.60 bits per heavy atom. The average Bonchev–Trinajstić information content (AvgIpc) is 3.97. The van der Waals surface area contributed by atoms with Crippen LogP contribution in [0.3, 0.4) is 0 Å². The van der Waals surface area contributed by atoms with Gasteiger partial charge in [0.2, 0.25) is 0 Å². The first-order valence-corrected chi connectivity index (χ1v) is 23.4. The molecule has 8 rings (SSSR count). The number of rotatable bonds is 22. The van der Waals surface area contributed by atoms with Crippen LogP contribution in [-0.4, -0.2) is 13.8 Å². The molecular weight excluding hydrogens is 711 g/mol. The maximum Gasteiger partial charge on any atom is 0.274 e. The van der Waals surface area contributed by atoms with Crippen molar-refractivity contribution in [1.29, 1.82) is 0 Å². The van der Waals surface area contributed by atoms with E-state index in [4.69, 9.17) is 4.98 Å². The number of unbranched alkanes of at least 4 members (excludes halogenated alkanes) is 18. The Labute approximate surface area is 324 Å². The summed E-state index contributed by atoms with van der Waals surface area (Å²) in [6, 6.07) is 10.9. The number of aryl methyl sites for hydroxylation is 2. The van der Waals surface area contributed by atoms with Gasteiger partial charge in [0.1, 0.15) is 19.9 Å². The van der Waals surface area contributed by atoms with Crippen molar-refractivity contribution in [2.75, 3.05) is 0 Å². The fraction of sp³-hybridized carbons (Fsp3) is 0.533. The molecule has 8 aromatic rings. The van der Waals surface area contributed by atoms with Crippen LogP contribution in [0.1, 0.15) is 152 Å². The van der Waals surface area contributed by atoms with Crippen molar-refractivity contribution in [3.05, 3.63) is 60.8 Å². The summed E-state index contributed by atoms with van der Waals surface area (Å²) in [4.78, 5) is 37.3. The van der Waals surface area contributed by atoms with E-state index < -0.39 is 0 Å². The van der Waals surface area contributed by atoms with Crippen LogP contribution in [0.25, 0.3) is 62.7 Å². The summed E-state index contributed by atoms with van der Waals surface area (Å²) in [5.74, 6) is 0. The second kappa shape index (κ2) is 16.7. The lowest BCUT2D eigenvalue weighted by Gasteiger charge is -2.06. The minimum atomic E-state index is -0.0458. The molecule has 0 unspecified atom stereocenters. The third-order valence-corrected chi connectivity index (χ3v) is 15.0. The lowest BCUT2D eigenvalue weighted by atomic mass is 10.0. The Kier molecular flexibility index (Phi) is 11.7. The fourth-order valence-electron chi connectivity index (χ4n) is 8.77. The summed E-state index contributed by atoms with van der Waals surface area (Å²) >= 11 is 4.95. The Hall–Kier alpha value is -3.07. The van der Waals surface area contributed by atoms with Gasteiger partial charge in [-0.25, -0.2) is 4.98 Å². The average molecular weight is 766 g/mol. The standard InChI is InChI=1S/C45H55N3O2S3/c1-3-5-7-9-11-13-15-17-19-21-23-30-27-35-37(51-30)29-34-32-25-26-33-39-38(32)40(44(49)47(34)35)53-41(39)45(50)48-36-28-31(52-43(36)46-42(33)48)24-22-20-18-16-14-12-10-8-6-4-2/h25-29H,3-24H2,1-2H3. The fourth-order valence-corrected chi connectivity index (χ4v) is 12.1. The number of hydrogen-bond acceptors (Lipinski definition) is 6. The van der Waals surface area contributed by atoms with Crippen molar-refractivity contribution < 1.29 is 0 Å². The van der Waals surface area contributed by atoms with Gasteiger partial charge in [-0.2, -0.15) is 0 Å². The Morgan fingerprint density at radius 1 is 0.509 bits per heavy atom. The van der Waals surface area contributed by atoms with E-state index in [0.717, 1.165) is 61.4 Å². The van der Waals surface area contributed by atoms with E-state index in [1.165, 1.54) is 154 Å². The first kappa shape index (κ1) is 36.9. The molecule has 8 heteroatoms. The maximum absolute atomic E-state index is 14.3. The summed E-state index contributed by atoms with van der Waals surface area (Å²) < 4.78 is 6.27. The Balaban J connectivity index is 0.994.